The molecule has 0 saturated heterocycles. The van der Waals surface area contributed by atoms with E-state index in [0.717, 1.165) is 6.26 Å². The molecule has 0 fully saturated rings. The Balaban J connectivity index is 2.56. The number of rotatable bonds is 7. The number of aliphatic hydroxyl groups excluding tert-OH is 1. The first-order valence-corrected chi connectivity index (χ1v) is 9.72. The molecule has 0 aromatic heterocycles. The fraction of sp³-hybridized carbons (Fsp3) is 0.211. The summed E-state index contributed by atoms with van der Waals surface area (Å²) in [6, 6.07) is 11.5. The molecule has 0 aliphatic heterocycles. The highest BCUT2D eigenvalue weighted by Crippen LogP contribution is 2.30. The van der Waals surface area contributed by atoms with E-state index < -0.39 is 21.6 Å². The second-order valence-electron chi connectivity index (χ2n) is 5.81. The summed E-state index contributed by atoms with van der Waals surface area (Å²) in [4.78, 5) is 11.1. The summed E-state index contributed by atoms with van der Waals surface area (Å²) < 4.78 is 36.4. The third-order valence-corrected chi connectivity index (χ3v) is 5.06. The van der Waals surface area contributed by atoms with Gasteiger partial charge in [-0.15, -0.1) is 0 Å². The lowest BCUT2D eigenvalue weighted by Gasteiger charge is -2.15. The third-order valence-electron chi connectivity index (χ3n) is 3.93. The topological polar surface area (TPSA) is 91.7 Å². The van der Waals surface area contributed by atoms with E-state index in [4.69, 9.17) is 5.11 Å². The smallest absolute Gasteiger partial charge is 0.303 e. The average molecular weight is 378 g/mol. The van der Waals surface area contributed by atoms with E-state index in [1.807, 2.05) is 0 Å². The number of sulfone groups is 1. The zero-order chi connectivity index (χ0) is 19.3. The van der Waals surface area contributed by atoms with Crippen molar-refractivity contribution in [3.05, 3.63) is 65.5 Å². The lowest BCUT2D eigenvalue weighted by molar-refractivity contribution is -0.136. The summed E-state index contributed by atoms with van der Waals surface area (Å²) in [7, 11) is -3.35. The second-order valence-corrected chi connectivity index (χ2v) is 7.83. The van der Waals surface area contributed by atoms with Crippen LogP contribution in [0.4, 0.5) is 4.39 Å². The van der Waals surface area contributed by atoms with Crippen molar-refractivity contribution in [2.45, 2.75) is 17.7 Å². The molecule has 0 saturated carbocycles. The normalized spacial score (nSPS) is 12.6. The number of hydrogen-bond donors (Lipinski definition) is 2. The minimum absolute atomic E-state index is 0.144. The number of carbonyl (C=O) groups is 1. The van der Waals surface area contributed by atoms with Crippen LogP contribution in [0.3, 0.4) is 0 Å². The second kappa shape index (κ2) is 8.25. The Morgan fingerprint density at radius 1 is 0.923 bits per heavy atom. The molecule has 138 valence electrons. The van der Waals surface area contributed by atoms with E-state index in [0.29, 0.717) is 22.3 Å². The van der Waals surface area contributed by atoms with Gasteiger partial charge in [-0.1, -0.05) is 24.3 Å². The van der Waals surface area contributed by atoms with Crippen LogP contribution in [0.2, 0.25) is 0 Å². The maximum absolute atomic E-state index is 13.2. The van der Waals surface area contributed by atoms with E-state index in [1.165, 1.54) is 36.4 Å². The van der Waals surface area contributed by atoms with Crippen molar-refractivity contribution in [2.24, 2.45) is 0 Å². The van der Waals surface area contributed by atoms with E-state index in [1.54, 1.807) is 12.1 Å². The SMILES string of the molecule is CS(=O)(=O)c1ccc(C(CO)=C(CCC(=O)O)c2ccc(F)cc2)cc1. The number of hydrogen-bond acceptors (Lipinski definition) is 4. The summed E-state index contributed by atoms with van der Waals surface area (Å²) in [5, 5.41) is 18.9. The number of carboxylic acid groups (broad SMARTS) is 1. The number of allylic oxidation sites excluding steroid dienone is 1. The molecular weight excluding hydrogens is 359 g/mol. The number of carboxylic acids is 1. The molecule has 26 heavy (non-hydrogen) atoms. The summed E-state index contributed by atoms with van der Waals surface area (Å²) in [6.45, 7) is -0.370. The molecule has 0 atom stereocenters. The van der Waals surface area contributed by atoms with Gasteiger partial charge in [0.05, 0.1) is 11.5 Å². The van der Waals surface area contributed by atoms with Gasteiger partial charge in [-0.05, 0) is 53.0 Å². The van der Waals surface area contributed by atoms with Crippen molar-refractivity contribution in [1.82, 2.24) is 0 Å². The zero-order valence-corrected chi connectivity index (χ0v) is 15.0. The van der Waals surface area contributed by atoms with Gasteiger partial charge in [-0.2, -0.15) is 0 Å². The summed E-state index contributed by atoms with van der Waals surface area (Å²) in [5.74, 6) is -1.41. The lowest BCUT2D eigenvalue weighted by Crippen LogP contribution is -2.02. The van der Waals surface area contributed by atoms with Crippen molar-refractivity contribution in [3.8, 4) is 0 Å². The van der Waals surface area contributed by atoms with Crippen LogP contribution in [0.15, 0.2) is 53.4 Å². The highest BCUT2D eigenvalue weighted by Gasteiger charge is 2.14. The Morgan fingerprint density at radius 2 is 1.42 bits per heavy atom. The van der Waals surface area contributed by atoms with Crippen molar-refractivity contribution >= 4 is 27.0 Å². The zero-order valence-electron chi connectivity index (χ0n) is 14.1. The molecule has 2 rings (SSSR count). The van der Waals surface area contributed by atoms with E-state index in [9.17, 15) is 22.7 Å². The van der Waals surface area contributed by atoms with Crippen LogP contribution in [-0.4, -0.2) is 37.5 Å². The van der Waals surface area contributed by atoms with Crippen LogP contribution in [0.5, 0.6) is 0 Å². The Kier molecular flexibility index (Phi) is 6.28. The molecule has 0 radical (unpaired) electrons. The van der Waals surface area contributed by atoms with Crippen molar-refractivity contribution in [3.63, 3.8) is 0 Å². The van der Waals surface area contributed by atoms with Gasteiger partial charge in [0, 0.05) is 12.7 Å². The minimum Gasteiger partial charge on any atom is -0.481 e. The summed E-state index contributed by atoms with van der Waals surface area (Å²) in [6.07, 6.45) is 1.09. The molecule has 0 unspecified atom stereocenters. The fourth-order valence-corrected chi connectivity index (χ4v) is 3.25. The Hall–Kier alpha value is -2.51. The van der Waals surface area contributed by atoms with Gasteiger partial charge in [0.2, 0.25) is 0 Å². The van der Waals surface area contributed by atoms with Gasteiger partial charge in [-0.3, -0.25) is 4.79 Å². The number of benzene rings is 2. The fourth-order valence-electron chi connectivity index (χ4n) is 2.62. The lowest BCUT2D eigenvalue weighted by atomic mass is 9.92. The Labute approximate surface area is 151 Å². The van der Waals surface area contributed by atoms with Crippen molar-refractivity contribution in [1.29, 1.82) is 0 Å². The molecule has 0 heterocycles. The van der Waals surface area contributed by atoms with Crippen LogP contribution >= 0.6 is 0 Å². The molecule has 5 nitrogen and oxygen atoms in total. The highest BCUT2D eigenvalue weighted by molar-refractivity contribution is 7.90. The Bertz CT molecular complexity index is 913. The van der Waals surface area contributed by atoms with Crippen LogP contribution < -0.4 is 0 Å². The van der Waals surface area contributed by atoms with E-state index in [2.05, 4.69) is 0 Å². The minimum atomic E-state index is -3.35. The first-order chi connectivity index (χ1) is 12.2. The molecule has 0 spiro atoms. The van der Waals surface area contributed by atoms with Crippen LogP contribution in [0.1, 0.15) is 24.0 Å². The molecule has 2 aromatic rings. The predicted octanol–water partition coefficient (Wildman–Crippen LogP) is 3.00. The summed E-state index contributed by atoms with van der Waals surface area (Å²) >= 11 is 0. The van der Waals surface area contributed by atoms with E-state index >= 15 is 0 Å². The molecule has 0 aliphatic carbocycles. The van der Waals surface area contributed by atoms with Crippen LogP contribution in [-0.2, 0) is 14.6 Å². The third kappa shape index (κ3) is 5.00. The van der Waals surface area contributed by atoms with Gasteiger partial charge in [0.15, 0.2) is 9.84 Å². The maximum Gasteiger partial charge on any atom is 0.303 e. The molecule has 0 aliphatic rings. The first kappa shape index (κ1) is 19.8. The molecule has 0 bridgehead atoms. The largest absolute Gasteiger partial charge is 0.481 e. The average Bonchev–Trinajstić information content (AvgIpc) is 2.59. The van der Waals surface area contributed by atoms with Gasteiger partial charge in [0.25, 0.3) is 0 Å². The van der Waals surface area contributed by atoms with E-state index in [-0.39, 0.29) is 24.3 Å². The van der Waals surface area contributed by atoms with Gasteiger partial charge >= 0.3 is 5.97 Å². The molecule has 2 N–H and O–H groups in total. The van der Waals surface area contributed by atoms with Gasteiger partial charge in [0.1, 0.15) is 5.82 Å². The monoisotopic (exact) mass is 378 g/mol. The predicted molar refractivity (Wildman–Crippen MR) is 96.7 cm³/mol. The molecule has 2 aromatic carbocycles. The summed E-state index contributed by atoms with van der Waals surface area (Å²) in [5.41, 5.74) is 2.22. The first-order valence-electron chi connectivity index (χ1n) is 7.83. The quantitative estimate of drug-likeness (QED) is 0.723. The number of halogens is 1. The van der Waals surface area contributed by atoms with Crippen molar-refractivity contribution < 1.29 is 27.8 Å². The number of aliphatic carboxylic acids is 1. The van der Waals surface area contributed by atoms with Gasteiger partial charge in [-0.25, -0.2) is 12.8 Å². The van der Waals surface area contributed by atoms with Crippen LogP contribution in [0.25, 0.3) is 11.1 Å². The molecule has 0 amide bonds. The number of aliphatic hydroxyl groups is 1. The Morgan fingerprint density at radius 3 is 1.88 bits per heavy atom. The molecular formula is C19H19FO5S. The highest BCUT2D eigenvalue weighted by atomic mass is 32.2. The van der Waals surface area contributed by atoms with Gasteiger partial charge < -0.3 is 10.2 Å². The molecule has 7 heteroatoms. The standard InChI is InChI=1S/C19H19FO5S/c1-26(24,25)16-8-4-14(5-9-16)18(12-21)17(10-11-19(22)23)13-2-6-15(20)7-3-13/h2-9,21H,10-12H2,1H3,(H,22,23). The van der Waals surface area contributed by atoms with Crippen LogP contribution in [0, 0.1) is 5.82 Å². The van der Waals surface area contributed by atoms with Crippen molar-refractivity contribution in [2.75, 3.05) is 12.9 Å². The maximum atomic E-state index is 13.2.